The highest BCUT2D eigenvalue weighted by Gasteiger charge is 2.44. The fraction of sp³-hybridized carbons (Fsp3) is 0.429. The second-order valence-electron chi connectivity index (χ2n) is 7.23. The molecule has 3 rings (SSSR count). The molecule has 0 radical (unpaired) electrons. The van der Waals surface area contributed by atoms with Gasteiger partial charge < -0.3 is 0 Å². The summed E-state index contributed by atoms with van der Waals surface area (Å²) in [6.07, 6.45) is 0.931. The average molecular weight is 509 g/mol. The Morgan fingerprint density at radius 3 is 1.53 bits per heavy atom. The van der Waals surface area contributed by atoms with E-state index in [2.05, 4.69) is 9.34 Å². The third-order valence-electron chi connectivity index (χ3n) is 5.18. The van der Waals surface area contributed by atoms with Gasteiger partial charge in [0.1, 0.15) is 0 Å². The highest BCUT2D eigenvalue weighted by Crippen LogP contribution is 2.59. The van der Waals surface area contributed by atoms with Crippen LogP contribution in [0, 0.1) is 0 Å². The molecule has 2 aromatic carbocycles. The van der Waals surface area contributed by atoms with Crippen LogP contribution in [0.1, 0.15) is 17.5 Å². The Morgan fingerprint density at radius 2 is 1.17 bits per heavy atom. The first kappa shape index (κ1) is 24.4. The van der Waals surface area contributed by atoms with E-state index in [0.717, 1.165) is 30.6 Å². The zero-order valence-corrected chi connectivity index (χ0v) is 20.6. The highest BCUT2D eigenvalue weighted by atomic mass is 35.5. The molecule has 0 aliphatic carbocycles. The summed E-state index contributed by atoms with van der Waals surface area (Å²) in [5.74, 6) is 0.787. The monoisotopic (exact) mass is 507 g/mol. The molecular weight excluding hydrogens is 483 g/mol. The Bertz CT molecular complexity index is 785. The number of hydrogen-bond donors (Lipinski definition) is 0. The molecule has 0 N–H and O–H groups in total. The fourth-order valence-electron chi connectivity index (χ4n) is 3.74. The molecule has 0 bridgehead atoms. The van der Waals surface area contributed by atoms with Crippen LogP contribution in [0.4, 0.5) is 0 Å². The molecule has 0 spiro atoms. The van der Waals surface area contributed by atoms with Crippen LogP contribution in [0.2, 0.25) is 10.0 Å². The molecule has 1 aliphatic rings. The highest BCUT2D eigenvalue weighted by molar-refractivity contribution is 7.56. The minimum absolute atomic E-state index is 0.393. The van der Waals surface area contributed by atoms with Crippen molar-refractivity contribution >= 4 is 54.0 Å². The first-order chi connectivity index (χ1) is 14.5. The number of benzene rings is 2. The molecule has 9 heteroatoms. The van der Waals surface area contributed by atoms with Gasteiger partial charge in [-0.15, -0.1) is 23.2 Å². The van der Waals surface area contributed by atoms with E-state index in [1.807, 2.05) is 53.2 Å². The molecule has 0 unspecified atom stereocenters. The van der Waals surface area contributed by atoms with Crippen LogP contribution in [0.3, 0.4) is 0 Å². The van der Waals surface area contributed by atoms with Gasteiger partial charge in [0.25, 0.3) is 7.59 Å². The summed E-state index contributed by atoms with van der Waals surface area (Å²) in [6, 6.07) is 15.4. The Kier molecular flexibility index (Phi) is 9.37. The first-order valence-electron chi connectivity index (χ1n) is 9.94. The normalized spacial score (nSPS) is 17.5. The van der Waals surface area contributed by atoms with Gasteiger partial charge in [-0.25, -0.2) is 14.0 Å². The Balaban J connectivity index is 1.93. The molecule has 2 aromatic rings. The molecule has 1 saturated heterocycles. The average Bonchev–Trinajstić information content (AvgIpc) is 2.74. The van der Waals surface area contributed by atoms with Crippen LogP contribution in [0.5, 0.6) is 0 Å². The van der Waals surface area contributed by atoms with Crippen LogP contribution in [-0.4, -0.2) is 52.0 Å². The molecule has 164 valence electrons. The van der Waals surface area contributed by atoms with Gasteiger partial charge in [0.05, 0.1) is 0 Å². The van der Waals surface area contributed by atoms with Crippen molar-refractivity contribution in [2.45, 2.75) is 19.5 Å². The van der Waals surface area contributed by atoms with Crippen LogP contribution >= 0.6 is 54.0 Å². The predicted molar refractivity (Wildman–Crippen MR) is 129 cm³/mol. The van der Waals surface area contributed by atoms with Crippen molar-refractivity contribution in [1.82, 2.24) is 14.0 Å². The number of rotatable bonds is 9. The summed E-state index contributed by atoms with van der Waals surface area (Å²) >= 11 is 24.3. The molecule has 0 aromatic heterocycles. The van der Waals surface area contributed by atoms with Crippen molar-refractivity contribution in [2.24, 2.45) is 0 Å². The zero-order valence-electron chi connectivity index (χ0n) is 16.7. The summed E-state index contributed by atoms with van der Waals surface area (Å²) < 4.78 is 20.9. The molecule has 1 heterocycles. The number of alkyl halides is 2. The number of nitrogens with zero attached hydrogens (tertiary/aromatic N) is 3. The van der Waals surface area contributed by atoms with E-state index >= 15 is 0 Å². The molecule has 1 fully saturated rings. The Hall–Kier alpha value is -0.290. The van der Waals surface area contributed by atoms with Gasteiger partial charge in [0.15, 0.2) is 0 Å². The van der Waals surface area contributed by atoms with Crippen LogP contribution in [0.25, 0.3) is 0 Å². The summed E-state index contributed by atoms with van der Waals surface area (Å²) in [4.78, 5) is 0. The predicted octanol–water partition coefficient (Wildman–Crippen LogP) is 6.59. The third-order valence-corrected chi connectivity index (χ3v) is 9.32. The standard InChI is InChI=1S/C21H26Cl4N3OP/c22-10-14-26(15-11-23)30(29)27(16-18-2-6-20(24)7-3-18)12-1-13-28(30)17-19-4-8-21(25)9-5-19/h2-9H,1,10-17H2. The van der Waals surface area contributed by atoms with Gasteiger partial charge in [0, 0.05) is 61.1 Å². The maximum absolute atomic E-state index is 14.7. The molecule has 0 amide bonds. The van der Waals surface area contributed by atoms with E-state index in [-0.39, 0.29) is 0 Å². The van der Waals surface area contributed by atoms with Crippen molar-refractivity contribution in [3.8, 4) is 0 Å². The van der Waals surface area contributed by atoms with Crippen molar-refractivity contribution in [3.05, 3.63) is 69.7 Å². The minimum atomic E-state index is -3.07. The lowest BCUT2D eigenvalue weighted by Gasteiger charge is -2.48. The van der Waals surface area contributed by atoms with Crippen molar-refractivity contribution in [1.29, 1.82) is 0 Å². The zero-order chi connectivity index (χ0) is 21.6. The van der Waals surface area contributed by atoms with Gasteiger partial charge in [-0.3, -0.25) is 4.57 Å². The maximum Gasteiger partial charge on any atom is 0.287 e. The number of halogens is 4. The van der Waals surface area contributed by atoms with E-state index in [9.17, 15) is 4.57 Å². The van der Waals surface area contributed by atoms with E-state index in [4.69, 9.17) is 46.4 Å². The molecule has 1 aliphatic heterocycles. The van der Waals surface area contributed by atoms with Crippen LogP contribution < -0.4 is 0 Å². The lowest BCUT2D eigenvalue weighted by Crippen LogP contribution is -2.46. The van der Waals surface area contributed by atoms with Crippen LogP contribution in [0.15, 0.2) is 48.5 Å². The fourth-order valence-corrected chi connectivity index (χ4v) is 7.93. The Morgan fingerprint density at radius 1 is 0.767 bits per heavy atom. The molecule has 4 nitrogen and oxygen atoms in total. The quantitative estimate of drug-likeness (QED) is 0.282. The van der Waals surface area contributed by atoms with Crippen LogP contribution in [-0.2, 0) is 17.7 Å². The van der Waals surface area contributed by atoms with Crippen molar-refractivity contribution < 1.29 is 4.57 Å². The largest absolute Gasteiger partial charge is 0.287 e. The third kappa shape index (κ3) is 5.94. The second kappa shape index (κ2) is 11.5. The van der Waals surface area contributed by atoms with Gasteiger partial charge in [-0.2, -0.15) is 0 Å². The summed E-state index contributed by atoms with van der Waals surface area (Å²) in [6.45, 7) is 3.68. The van der Waals surface area contributed by atoms with Crippen molar-refractivity contribution in [3.63, 3.8) is 0 Å². The lowest BCUT2D eigenvalue weighted by atomic mass is 10.2. The van der Waals surface area contributed by atoms with Gasteiger partial charge in [0.2, 0.25) is 0 Å². The van der Waals surface area contributed by atoms with Gasteiger partial charge >= 0.3 is 0 Å². The maximum atomic E-state index is 14.7. The molecule has 0 saturated carbocycles. The minimum Gasteiger partial charge on any atom is -0.270 e. The van der Waals surface area contributed by atoms with E-state index in [0.29, 0.717) is 48.0 Å². The smallest absolute Gasteiger partial charge is 0.270 e. The lowest BCUT2D eigenvalue weighted by molar-refractivity contribution is 0.225. The molecule has 30 heavy (non-hydrogen) atoms. The van der Waals surface area contributed by atoms with E-state index in [1.54, 1.807) is 0 Å². The first-order valence-corrected chi connectivity index (χ1v) is 13.3. The molecule has 0 atom stereocenters. The molecular formula is C21H26Cl4N3OP. The van der Waals surface area contributed by atoms with E-state index < -0.39 is 7.59 Å². The van der Waals surface area contributed by atoms with Crippen molar-refractivity contribution in [2.75, 3.05) is 37.9 Å². The topological polar surface area (TPSA) is 26.8 Å². The van der Waals surface area contributed by atoms with Gasteiger partial charge in [-0.1, -0.05) is 47.5 Å². The summed E-state index contributed by atoms with van der Waals surface area (Å²) in [5, 5.41) is 1.38. The number of hydrogen-bond acceptors (Lipinski definition) is 1. The van der Waals surface area contributed by atoms with Gasteiger partial charge in [-0.05, 0) is 41.8 Å². The SMILES string of the molecule is O=P1(N(CCCl)CCCl)N(Cc2ccc(Cl)cc2)CCCN1Cc1ccc(Cl)cc1. The van der Waals surface area contributed by atoms with E-state index in [1.165, 1.54) is 0 Å². The second-order valence-corrected chi connectivity index (χ2v) is 11.6. The summed E-state index contributed by atoms with van der Waals surface area (Å²) in [7, 11) is -3.07. The summed E-state index contributed by atoms with van der Waals surface area (Å²) in [5.41, 5.74) is 2.15. The Labute approximate surface area is 199 Å².